The number of anilines is 1. The van der Waals surface area contributed by atoms with Gasteiger partial charge in [0.25, 0.3) is 5.91 Å². The number of imide groups is 1. The van der Waals surface area contributed by atoms with Crippen molar-refractivity contribution >= 4 is 29.5 Å². The average molecular weight is 415 g/mol. The maximum Gasteiger partial charge on any atom is 0.405 e. The zero-order chi connectivity index (χ0) is 21.8. The number of hydrogen-bond donors (Lipinski definition) is 2. The number of carbonyl (C=O) groups is 4. The quantitative estimate of drug-likeness (QED) is 0.711. The monoisotopic (exact) mass is 415 g/mol. The number of amides is 4. The predicted molar refractivity (Wildman–Crippen MR) is 94.9 cm³/mol. The lowest BCUT2D eigenvalue weighted by Gasteiger charge is -2.20. The van der Waals surface area contributed by atoms with Crippen LogP contribution < -0.4 is 15.5 Å². The molecule has 11 heteroatoms. The molecular formula is C18H20F3N3O5. The molecule has 2 rings (SSSR count). The normalized spacial score (nSPS) is 16.5. The van der Waals surface area contributed by atoms with Gasteiger partial charge in [0.15, 0.2) is 6.61 Å². The highest BCUT2D eigenvalue weighted by Gasteiger charge is 2.37. The van der Waals surface area contributed by atoms with Crippen molar-refractivity contribution in [3.8, 4) is 0 Å². The number of halogens is 3. The summed E-state index contributed by atoms with van der Waals surface area (Å²) in [6, 6.07) is 4.10. The van der Waals surface area contributed by atoms with Gasteiger partial charge in [0.05, 0.1) is 5.92 Å². The molecule has 0 spiro atoms. The maximum atomic E-state index is 12.3. The Labute approximate surface area is 164 Å². The zero-order valence-corrected chi connectivity index (χ0v) is 15.8. The molecule has 158 valence electrons. The third-order valence-corrected chi connectivity index (χ3v) is 4.37. The van der Waals surface area contributed by atoms with Crippen LogP contribution in [-0.4, -0.2) is 49.7 Å². The first kappa shape index (κ1) is 22.2. The molecule has 1 atom stereocenters. The van der Waals surface area contributed by atoms with Crippen molar-refractivity contribution in [2.45, 2.75) is 26.4 Å². The summed E-state index contributed by atoms with van der Waals surface area (Å²) in [5.41, 5.74) is 2.57. The van der Waals surface area contributed by atoms with Gasteiger partial charge in [0.2, 0.25) is 5.91 Å². The number of nitrogens with one attached hydrogen (secondary N) is 2. The second-order valence-electron chi connectivity index (χ2n) is 6.58. The number of hydrogen-bond acceptors (Lipinski definition) is 5. The molecule has 4 amide bonds. The topological polar surface area (TPSA) is 105 Å². The Balaban J connectivity index is 1.84. The summed E-state index contributed by atoms with van der Waals surface area (Å²) in [5, 5.41) is 3.06. The molecule has 0 unspecified atom stereocenters. The van der Waals surface area contributed by atoms with Crippen LogP contribution in [0, 0.1) is 19.8 Å². The molecule has 1 aliphatic rings. The fourth-order valence-electron chi connectivity index (χ4n) is 2.77. The van der Waals surface area contributed by atoms with E-state index in [1.807, 2.05) is 19.9 Å². The van der Waals surface area contributed by atoms with Crippen LogP contribution in [-0.2, 0) is 19.1 Å². The number of urea groups is 1. The van der Waals surface area contributed by atoms with Gasteiger partial charge in [-0.25, -0.2) is 4.79 Å². The van der Waals surface area contributed by atoms with Crippen LogP contribution >= 0.6 is 0 Å². The minimum atomic E-state index is -4.62. The summed E-state index contributed by atoms with van der Waals surface area (Å²) in [6.45, 7) is 1.37. The van der Waals surface area contributed by atoms with Crippen LogP contribution in [0.15, 0.2) is 18.2 Å². The molecule has 8 nitrogen and oxygen atoms in total. The van der Waals surface area contributed by atoms with Crippen molar-refractivity contribution in [1.82, 2.24) is 10.6 Å². The molecule has 0 radical (unpaired) electrons. The molecule has 1 fully saturated rings. The molecule has 1 aromatic carbocycles. The largest absolute Gasteiger partial charge is 0.455 e. The van der Waals surface area contributed by atoms with Crippen molar-refractivity contribution in [3.63, 3.8) is 0 Å². The Morgan fingerprint density at radius 1 is 1.24 bits per heavy atom. The lowest BCUT2D eigenvalue weighted by molar-refractivity contribution is -0.152. The van der Waals surface area contributed by atoms with E-state index in [0.29, 0.717) is 5.69 Å². The Hall–Kier alpha value is -3.11. The number of nitrogens with zero attached hydrogens (tertiary/aromatic N) is 1. The molecule has 1 aromatic rings. The Morgan fingerprint density at radius 3 is 2.59 bits per heavy atom. The Bertz CT molecular complexity index is 825. The van der Waals surface area contributed by atoms with E-state index in [1.54, 1.807) is 17.4 Å². The van der Waals surface area contributed by atoms with E-state index in [9.17, 15) is 32.3 Å². The van der Waals surface area contributed by atoms with Gasteiger partial charge < -0.3 is 15.0 Å². The van der Waals surface area contributed by atoms with Crippen molar-refractivity contribution in [2.75, 3.05) is 24.6 Å². The van der Waals surface area contributed by atoms with Crippen LogP contribution in [0.2, 0.25) is 0 Å². The minimum absolute atomic E-state index is 0.0790. The first-order chi connectivity index (χ1) is 13.5. The van der Waals surface area contributed by atoms with Crippen LogP contribution in [0.5, 0.6) is 0 Å². The zero-order valence-electron chi connectivity index (χ0n) is 15.8. The van der Waals surface area contributed by atoms with E-state index < -0.39 is 43.2 Å². The highest BCUT2D eigenvalue weighted by molar-refractivity contribution is 6.00. The number of esters is 1. The Morgan fingerprint density at radius 2 is 1.93 bits per heavy atom. The summed E-state index contributed by atoms with van der Waals surface area (Å²) in [7, 11) is 0. The van der Waals surface area contributed by atoms with Gasteiger partial charge in [-0.2, -0.15) is 13.2 Å². The van der Waals surface area contributed by atoms with E-state index in [2.05, 4.69) is 0 Å². The second kappa shape index (κ2) is 8.93. The van der Waals surface area contributed by atoms with E-state index in [0.717, 1.165) is 11.1 Å². The van der Waals surface area contributed by atoms with Crippen molar-refractivity contribution in [3.05, 3.63) is 29.3 Å². The minimum Gasteiger partial charge on any atom is -0.455 e. The highest BCUT2D eigenvalue weighted by atomic mass is 19.4. The lowest BCUT2D eigenvalue weighted by atomic mass is 10.1. The van der Waals surface area contributed by atoms with Crippen LogP contribution in [0.25, 0.3) is 0 Å². The number of ether oxygens (including phenoxy) is 1. The summed E-state index contributed by atoms with van der Waals surface area (Å²) in [5.74, 6) is -2.96. The molecule has 0 aromatic heterocycles. The van der Waals surface area contributed by atoms with Gasteiger partial charge in [0.1, 0.15) is 6.54 Å². The average Bonchev–Trinajstić information content (AvgIpc) is 3.01. The van der Waals surface area contributed by atoms with Gasteiger partial charge in [0, 0.05) is 18.7 Å². The molecular weight excluding hydrogens is 395 g/mol. The molecule has 1 heterocycles. The molecule has 0 saturated carbocycles. The number of aryl methyl sites for hydroxylation is 1. The van der Waals surface area contributed by atoms with Gasteiger partial charge in [-0.3, -0.25) is 19.7 Å². The standard InChI is InChI=1S/C18H20F3N3O5/c1-10-4-3-5-13(11(10)2)24-7-12(6-15(24)26)16(27)29-8-14(25)23-17(28)22-9-18(19,20)21/h3-5,12H,6-9H2,1-2H3,(H2,22,23,25,28)/t12-/m1/s1. The lowest BCUT2D eigenvalue weighted by Crippen LogP contribution is -2.44. The third kappa shape index (κ3) is 6.19. The summed E-state index contributed by atoms with van der Waals surface area (Å²) >= 11 is 0. The predicted octanol–water partition coefficient (Wildman–Crippen LogP) is 1.59. The third-order valence-electron chi connectivity index (χ3n) is 4.37. The SMILES string of the molecule is Cc1cccc(N2C[C@H](C(=O)OCC(=O)NC(=O)NCC(F)(F)F)CC2=O)c1C. The number of alkyl halides is 3. The number of carbonyl (C=O) groups excluding carboxylic acids is 4. The number of rotatable bonds is 5. The van der Waals surface area contributed by atoms with Gasteiger partial charge in [-0.15, -0.1) is 0 Å². The Kier molecular flexibility index (Phi) is 6.83. The summed E-state index contributed by atoms with van der Waals surface area (Å²) in [6.07, 6.45) is -4.72. The van der Waals surface area contributed by atoms with Gasteiger partial charge in [-0.05, 0) is 31.0 Å². The van der Waals surface area contributed by atoms with Crippen LogP contribution in [0.3, 0.4) is 0 Å². The van der Waals surface area contributed by atoms with E-state index in [4.69, 9.17) is 4.74 Å². The molecule has 1 aliphatic heterocycles. The first-order valence-electron chi connectivity index (χ1n) is 8.65. The first-order valence-corrected chi connectivity index (χ1v) is 8.65. The second-order valence-corrected chi connectivity index (χ2v) is 6.58. The van der Waals surface area contributed by atoms with Gasteiger partial charge in [-0.1, -0.05) is 12.1 Å². The van der Waals surface area contributed by atoms with Crippen LogP contribution in [0.1, 0.15) is 17.5 Å². The van der Waals surface area contributed by atoms with E-state index >= 15 is 0 Å². The van der Waals surface area contributed by atoms with Crippen molar-refractivity contribution in [2.24, 2.45) is 5.92 Å². The van der Waals surface area contributed by atoms with E-state index in [1.165, 1.54) is 10.2 Å². The molecule has 29 heavy (non-hydrogen) atoms. The molecule has 2 N–H and O–H groups in total. The van der Waals surface area contributed by atoms with Crippen molar-refractivity contribution < 1.29 is 37.1 Å². The summed E-state index contributed by atoms with van der Waals surface area (Å²) < 4.78 is 40.7. The van der Waals surface area contributed by atoms with Gasteiger partial charge >= 0.3 is 18.2 Å². The highest BCUT2D eigenvalue weighted by Crippen LogP contribution is 2.29. The fraction of sp³-hybridized carbons (Fsp3) is 0.444. The number of benzene rings is 1. The smallest absolute Gasteiger partial charge is 0.405 e. The van der Waals surface area contributed by atoms with Crippen LogP contribution in [0.4, 0.5) is 23.7 Å². The molecule has 0 aliphatic carbocycles. The van der Waals surface area contributed by atoms with E-state index in [-0.39, 0.29) is 18.9 Å². The maximum absolute atomic E-state index is 12.3. The fourth-order valence-corrected chi connectivity index (χ4v) is 2.77. The molecule has 1 saturated heterocycles. The van der Waals surface area contributed by atoms with Crippen molar-refractivity contribution in [1.29, 1.82) is 0 Å². The summed E-state index contributed by atoms with van der Waals surface area (Å²) in [4.78, 5) is 48.6. The molecule has 0 bridgehead atoms.